The third-order valence-corrected chi connectivity index (χ3v) is 3.58. The molecule has 10 heteroatoms. The quantitative estimate of drug-likeness (QED) is 0.219. The number of nitro groups is 1. The van der Waals surface area contributed by atoms with E-state index in [1.165, 1.54) is 0 Å². The fourth-order valence-corrected chi connectivity index (χ4v) is 2.46. The van der Waals surface area contributed by atoms with Gasteiger partial charge in [-0.05, 0) is 31.2 Å². The van der Waals surface area contributed by atoms with E-state index in [9.17, 15) is 19.6 Å². The summed E-state index contributed by atoms with van der Waals surface area (Å²) in [6, 6.07) is -0.723. The van der Waals surface area contributed by atoms with Crippen LogP contribution in [0.5, 0.6) is 0 Å². The van der Waals surface area contributed by atoms with Gasteiger partial charge in [0.05, 0.1) is 17.1 Å². The average Bonchev–Trinajstić information content (AvgIpc) is 2.86. The smallest absolute Gasteiger partial charge is 0.313 e. The molecule has 108 valence electrons. The van der Waals surface area contributed by atoms with Crippen molar-refractivity contribution in [2.24, 2.45) is 5.11 Å². The zero-order chi connectivity index (χ0) is 14.8. The summed E-state index contributed by atoms with van der Waals surface area (Å²) in [5.74, 6) is 0. The molecule has 0 amide bonds. The number of nitrogens with zero attached hydrogens (tertiary/aromatic N) is 5. The number of aromatic amines is 1. The molecule has 0 radical (unpaired) electrons. The molecule has 0 bridgehead atoms. The van der Waals surface area contributed by atoms with Crippen LogP contribution in [0.2, 0.25) is 0 Å². The number of rotatable bonds is 3. The van der Waals surface area contributed by atoms with Gasteiger partial charge in [0.1, 0.15) is 6.20 Å². The minimum Gasteiger partial charge on any atom is -0.393 e. The Morgan fingerprint density at radius 3 is 3.00 bits per heavy atom. The molecule has 9 nitrogen and oxygen atoms in total. The van der Waals surface area contributed by atoms with Crippen molar-refractivity contribution in [3.05, 3.63) is 32.4 Å². The van der Waals surface area contributed by atoms with E-state index in [2.05, 4.69) is 20.2 Å². The number of hydrogen-bond acceptors (Lipinski definition) is 5. The van der Waals surface area contributed by atoms with Crippen molar-refractivity contribution >= 4 is 5.69 Å². The van der Waals surface area contributed by atoms with E-state index in [1.54, 1.807) is 0 Å². The van der Waals surface area contributed by atoms with Gasteiger partial charge in [-0.15, -0.1) is 0 Å². The first-order chi connectivity index (χ1) is 9.48. The summed E-state index contributed by atoms with van der Waals surface area (Å²) < 4.78 is 15.0. The minimum atomic E-state index is -1.99. The van der Waals surface area contributed by atoms with Gasteiger partial charge in [0.2, 0.25) is 0 Å². The van der Waals surface area contributed by atoms with Gasteiger partial charge in [-0.1, -0.05) is 5.11 Å². The van der Waals surface area contributed by atoms with E-state index in [4.69, 9.17) is 5.53 Å². The van der Waals surface area contributed by atoms with E-state index >= 15 is 0 Å². The highest BCUT2D eigenvalue weighted by atomic mass is 19.1. The van der Waals surface area contributed by atoms with Crippen LogP contribution in [0, 0.1) is 10.1 Å². The molecule has 1 saturated carbocycles. The van der Waals surface area contributed by atoms with Crippen molar-refractivity contribution in [1.82, 2.24) is 10.2 Å². The molecule has 20 heavy (non-hydrogen) atoms. The van der Waals surface area contributed by atoms with Gasteiger partial charge in [-0.3, -0.25) is 15.2 Å². The fraction of sp³-hybridized carbons (Fsp3) is 0.700. The Hall–Kier alpha value is -2.19. The molecule has 2 rings (SSSR count). The molecule has 2 N–H and O–H groups in total. The summed E-state index contributed by atoms with van der Waals surface area (Å²) in [7, 11) is 0. The first-order valence-electron chi connectivity index (χ1n) is 6.07. The lowest BCUT2D eigenvalue weighted by atomic mass is 9.92. The molecular formula is C10H13FN6O3. The monoisotopic (exact) mass is 284 g/mol. The first-order valence-corrected chi connectivity index (χ1v) is 6.07. The highest BCUT2D eigenvalue weighted by Gasteiger charge is 2.43. The lowest BCUT2D eigenvalue weighted by molar-refractivity contribution is -0.386. The number of nitrogens with one attached hydrogen (secondary N) is 1. The molecule has 1 aromatic rings. The number of aliphatic hydroxyl groups is 1. The van der Waals surface area contributed by atoms with Crippen molar-refractivity contribution in [2.45, 2.75) is 43.5 Å². The van der Waals surface area contributed by atoms with Crippen LogP contribution in [0.4, 0.5) is 10.1 Å². The van der Waals surface area contributed by atoms with Crippen molar-refractivity contribution in [1.29, 1.82) is 0 Å². The lowest BCUT2D eigenvalue weighted by Gasteiger charge is -2.21. The third kappa shape index (κ3) is 2.56. The van der Waals surface area contributed by atoms with Crippen LogP contribution in [-0.4, -0.2) is 32.4 Å². The molecule has 1 heterocycles. The summed E-state index contributed by atoms with van der Waals surface area (Å²) >= 11 is 0. The minimum absolute atomic E-state index is 0.0519. The predicted molar refractivity (Wildman–Crippen MR) is 65.4 cm³/mol. The van der Waals surface area contributed by atoms with Gasteiger partial charge in [0.15, 0.2) is 11.4 Å². The van der Waals surface area contributed by atoms with Gasteiger partial charge in [0.25, 0.3) is 0 Å². The number of azide groups is 1. The van der Waals surface area contributed by atoms with Gasteiger partial charge in [0, 0.05) is 4.91 Å². The maximum Gasteiger partial charge on any atom is 0.313 e. The highest BCUT2D eigenvalue weighted by Crippen LogP contribution is 2.42. The zero-order valence-electron chi connectivity index (χ0n) is 10.4. The number of H-pyrrole nitrogens is 1. The molecule has 1 aromatic heterocycles. The van der Waals surface area contributed by atoms with E-state index in [0.717, 1.165) is 6.20 Å². The number of alkyl halides is 1. The summed E-state index contributed by atoms with van der Waals surface area (Å²) in [6.45, 7) is 0. The highest BCUT2D eigenvalue weighted by molar-refractivity contribution is 5.36. The fourth-order valence-electron chi connectivity index (χ4n) is 2.46. The van der Waals surface area contributed by atoms with Crippen LogP contribution in [-0.2, 0) is 5.67 Å². The van der Waals surface area contributed by atoms with Gasteiger partial charge in [-0.2, -0.15) is 5.10 Å². The maximum absolute atomic E-state index is 15.0. The first kappa shape index (κ1) is 14.2. The van der Waals surface area contributed by atoms with Crippen LogP contribution >= 0.6 is 0 Å². The van der Waals surface area contributed by atoms with Gasteiger partial charge in [-0.25, -0.2) is 4.39 Å². The summed E-state index contributed by atoms with van der Waals surface area (Å²) in [4.78, 5) is 12.8. The van der Waals surface area contributed by atoms with Crippen LogP contribution in [0.3, 0.4) is 0 Å². The van der Waals surface area contributed by atoms with Crippen molar-refractivity contribution in [2.75, 3.05) is 0 Å². The van der Waals surface area contributed by atoms with Crippen LogP contribution < -0.4 is 0 Å². The van der Waals surface area contributed by atoms with E-state index in [-0.39, 0.29) is 31.4 Å². The Bertz CT molecular complexity index is 557. The maximum atomic E-state index is 15.0. The Morgan fingerprint density at radius 2 is 2.35 bits per heavy atom. The zero-order valence-corrected chi connectivity index (χ0v) is 10.4. The standard InChI is InChI=1S/C10H13FN6O3/c11-10(9-7(17(19)20)5-13-15-9)3-1-6(14-16-12)8(18)2-4-10/h5-6,8,18H,1-4H2,(H,13,15). The largest absolute Gasteiger partial charge is 0.393 e. The number of aliphatic hydroxyl groups excluding tert-OH is 1. The van der Waals surface area contributed by atoms with E-state index in [0.29, 0.717) is 0 Å². The van der Waals surface area contributed by atoms with Crippen molar-refractivity contribution in [3.8, 4) is 0 Å². The summed E-state index contributed by atoms with van der Waals surface area (Å²) in [5, 5.41) is 29.9. The van der Waals surface area contributed by atoms with Crippen LogP contribution in [0.1, 0.15) is 31.4 Å². The Labute approximate surface area is 112 Å². The summed E-state index contributed by atoms with van der Waals surface area (Å²) in [5.41, 5.74) is 5.81. The molecule has 1 fully saturated rings. The molecular weight excluding hydrogens is 271 g/mol. The second-order valence-electron chi connectivity index (χ2n) is 4.77. The summed E-state index contributed by atoms with van der Waals surface area (Å²) in [6.07, 6.45) is -0.0201. The molecule has 0 saturated heterocycles. The van der Waals surface area contributed by atoms with Crippen molar-refractivity contribution < 1.29 is 14.4 Å². The molecule has 1 aliphatic rings. The molecule has 0 spiro atoms. The lowest BCUT2D eigenvalue weighted by Crippen LogP contribution is -2.21. The normalized spacial score (nSPS) is 30.3. The molecule has 3 atom stereocenters. The third-order valence-electron chi connectivity index (χ3n) is 3.58. The molecule has 1 aliphatic carbocycles. The number of hydrogen-bond donors (Lipinski definition) is 2. The van der Waals surface area contributed by atoms with Gasteiger partial charge < -0.3 is 5.11 Å². The number of halogens is 1. The van der Waals surface area contributed by atoms with Gasteiger partial charge >= 0.3 is 5.69 Å². The Kier molecular flexibility index (Phi) is 3.86. The Morgan fingerprint density at radius 1 is 1.65 bits per heavy atom. The Balaban J connectivity index is 2.29. The molecule has 3 unspecified atom stereocenters. The van der Waals surface area contributed by atoms with E-state index in [1.807, 2.05) is 0 Å². The molecule has 0 aliphatic heterocycles. The predicted octanol–water partition coefficient (Wildman–Crippen LogP) is 2.10. The molecule has 0 aromatic carbocycles. The van der Waals surface area contributed by atoms with E-state index < -0.39 is 28.4 Å². The average molecular weight is 284 g/mol. The second kappa shape index (κ2) is 5.43. The van der Waals surface area contributed by atoms with Crippen molar-refractivity contribution in [3.63, 3.8) is 0 Å². The number of aromatic nitrogens is 2. The van der Waals surface area contributed by atoms with Crippen LogP contribution in [0.25, 0.3) is 10.4 Å². The van der Waals surface area contributed by atoms with Crippen LogP contribution in [0.15, 0.2) is 11.3 Å². The second-order valence-corrected chi connectivity index (χ2v) is 4.77. The topological polar surface area (TPSA) is 141 Å². The SMILES string of the molecule is [N-]=[N+]=NC1CCC(F)(c2[nH]ncc2[N+](=O)[O-])CCC1O.